The van der Waals surface area contributed by atoms with E-state index < -0.39 is 9.84 Å². The molecular weight excluding hydrogens is 446 g/mol. The van der Waals surface area contributed by atoms with Crippen LogP contribution in [0.25, 0.3) is 0 Å². The molecular formula is C20H16BrNO3S2. The summed E-state index contributed by atoms with van der Waals surface area (Å²) in [5.41, 5.74) is 2.41. The fourth-order valence-electron chi connectivity index (χ4n) is 3.21. The Morgan fingerprint density at radius 3 is 2.41 bits per heavy atom. The van der Waals surface area contributed by atoms with Crippen LogP contribution >= 0.6 is 27.3 Å². The van der Waals surface area contributed by atoms with Gasteiger partial charge in [0.05, 0.1) is 10.6 Å². The molecule has 0 spiro atoms. The van der Waals surface area contributed by atoms with Gasteiger partial charge in [-0.05, 0) is 36.8 Å². The monoisotopic (exact) mass is 461 g/mol. The fraction of sp³-hybridized carbons (Fsp3) is 0.150. The second-order valence-electron chi connectivity index (χ2n) is 6.51. The summed E-state index contributed by atoms with van der Waals surface area (Å²) >= 11 is 4.80. The van der Waals surface area contributed by atoms with Crippen molar-refractivity contribution < 1.29 is 13.2 Å². The first-order valence-electron chi connectivity index (χ1n) is 8.35. The van der Waals surface area contributed by atoms with Crippen LogP contribution in [0.3, 0.4) is 0 Å². The van der Waals surface area contributed by atoms with Gasteiger partial charge in [-0.3, -0.25) is 4.79 Å². The van der Waals surface area contributed by atoms with Gasteiger partial charge in [-0.1, -0.05) is 45.8 Å². The Bertz CT molecular complexity index is 1120. The van der Waals surface area contributed by atoms with E-state index in [9.17, 15) is 13.2 Å². The average molecular weight is 462 g/mol. The molecule has 0 aliphatic carbocycles. The van der Waals surface area contributed by atoms with E-state index in [1.807, 2.05) is 31.2 Å². The molecule has 3 aromatic rings. The van der Waals surface area contributed by atoms with E-state index in [1.54, 1.807) is 29.6 Å². The zero-order valence-electron chi connectivity index (χ0n) is 14.4. The molecule has 0 saturated carbocycles. The zero-order valence-corrected chi connectivity index (χ0v) is 17.6. The van der Waals surface area contributed by atoms with Crippen LogP contribution in [0.15, 0.2) is 68.2 Å². The number of hydrogen-bond acceptors (Lipinski definition) is 4. The predicted octanol–water partition coefficient (Wildman–Crippen LogP) is 5.13. The van der Waals surface area contributed by atoms with Crippen LogP contribution in [0.2, 0.25) is 0 Å². The summed E-state index contributed by atoms with van der Waals surface area (Å²) in [4.78, 5) is 13.6. The standard InChI is InChI=1S/C20H16BrNO3S2/c1-12-2-8-15(9-3-12)27(24,25)17-11-26-20-16(10-18(23)22-19(17)20)13-4-6-14(21)7-5-13/h2-9,11,16H,10H2,1H3,(H,22,23)/t16-/m0/s1. The molecule has 1 N–H and O–H groups in total. The Morgan fingerprint density at radius 2 is 1.74 bits per heavy atom. The van der Waals surface area contributed by atoms with Crippen LogP contribution in [0.1, 0.15) is 28.3 Å². The highest BCUT2D eigenvalue weighted by Gasteiger charge is 2.34. The Morgan fingerprint density at radius 1 is 1.07 bits per heavy atom. The van der Waals surface area contributed by atoms with Gasteiger partial charge in [0.2, 0.25) is 15.7 Å². The molecule has 1 amide bonds. The second-order valence-corrected chi connectivity index (χ2v) is 10.3. The number of carbonyl (C=O) groups is 1. The molecule has 1 atom stereocenters. The fourth-order valence-corrected chi connectivity index (χ4v) is 6.38. The molecule has 2 heterocycles. The van der Waals surface area contributed by atoms with Gasteiger partial charge in [0.15, 0.2) is 0 Å². The number of anilines is 1. The van der Waals surface area contributed by atoms with Crippen molar-refractivity contribution in [3.05, 3.63) is 74.4 Å². The molecule has 27 heavy (non-hydrogen) atoms. The van der Waals surface area contributed by atoms with E-state index >= 15 is 0 Å². The molecule has 0 bridgehead atoms. The molecule has 0 fully saturated rings. The van der Waals surface area contributed by atoms with Crippen molar-refractivity contribution in [1.82, 2.24) is 0 Å². The third kappa shape index (κ3) is 3.35. The maximum Gasteiger partial charge on any atom is 0.225 e. The number of rotatable bonds is 3. The first-order chi connectivity index (χ1) is 12.9. The van der Waals surface area contributed by atoms with Crippen LogP contribution in [0.5, 0.6) is 0 Å². The zero-order chi connectivity index (χ0) is 19.2. The van der Waals surface area contributed by atoms with E-state index in [0.717, 1.165) is 20.5 Å². The smallest absolute Gasteiger partial charge is 0.225 e. The lowest BCUT2D eigenvalue weighted by Crippen LogP contribution is -2.23. The van der Waals surface area contributed by atoms with Crippen molar-refractivity contribution in [2.24, 2.45) is 0 Å². The maximum atomic E-state index is 13.1. The molecule has 0 radical (unpaired) electrons. The molecule has 7 heteroatoms. The van der Waals surface area contributed by atoms with Crippen molar-refractivity contribution in [2.75, 3.05) is 5.32 Å². The van der Waals surface area contributed by atoms with E-state index in [1.165, 1.54) is 11.3 Å². The number of benzene rings is 2. The van der Waals surface area contributed by atoms with Crippen LogP contribution in [-0.2, 0) is 14.6 Å². The highest BCUT2D eigenvalue weighted by Crippen LogP contribution is 2.45. The molecule has 1 aromatic heterocycles. The number of fused-ring (bicyclic) bond motifs is 1. The van der Waals surface area contributed by atoms with Gasteiger partial charge >= 0.3 is 0 Å². The van der Waals surface area contributed by atoms with E-state index in [2.05, 4.69) is 21.2 Å². The molecule has 1 aliphatic rings. The number of thiophene rings is 1. The summed E-state index contributed by atoms with van der Waals surface area (Å²) in [7, 11) is -3.70. The van der Waals surface area contributed by atoms with Gasteiger partial charge in [-0.25, -0.2) is 8.42 Å². The normalized spacial score (nSPS) is 16.7. The topological polar surface area (TPSA) is 63.2 Å². The number of aryl methyl sites for hydroxylation is 1. The number of nitrogens with one attached hydrogen (secondary N) is 1. The van der Waals surface area contributed by atoms with Gasteiger partial charge in [0.25, 0.3) is 0 Å². The number of hydrogen-bond donors (Lipinski definition) is 1. The number of sulfone groups is 1. The molecule has 4 nitrogen and oxygen atoms in total. The Labute approximate surface area is 170 Å². The average Bonchev–Trinajstić information content (AvgIpc) is 3.06. The SMILES string of the molecule is Cc1ccc(S(=O)(=O)c2csc3c2NC(=O)C[C@H]3c2ccc(Br)cc2)cc1. The molecule has 2 aromatic carbocycles. The Hall–Kier alpha value is -1.96. The van der Waals surface area contributed by atoms with Crippen LogP contribution < -0.4 is 5.32 Å². The van der Waals surface area contributed by atoms with Crippen molar-refractivity contribution >= 4 is 48.7 Å². The Kier molecular flexibility index (Phi) is 4.70. The van der Waals surface area contributed by atoms with Crippen molar-refractivity contribution in [2.45, 2.75) is 29.1 Å². The summed E-state index contributed by atoms with van der Waals surface area (Å²) in [6, 6.07) is 14.5. The number of carbonyl (C=O) groups excluding carboxylic acids is 1. The largest absolute Gasteiger partial charge is 0.324 e. The van der Waals surface area contributed by atoms with E-state index in [0.29, 0.717) is 12.1 Å². The number of halogens is 1. The Balaban J connectivity index is 1.82. The van der Waals surface area contributed by atoms with Crippen molar-refractivity contribution in [3.8, 4) is 0 Å². The van der Waals surface area contributed by atoms with Gasteiger partial charge < -0.3 is 5.32 Å². The molecule has 4 rings (SSSR count). The van der Waals surface area contributed by atoms with Gasteiger partial charge in [-0.15, -0.1) is 11.3 Å². The van der Waals surface area contributed by atoms with Crippen molar-refractivity contribution in [3.63, 3.8) is 0 Å². The van der Waals surface area contributed by atoms with E-state index in [4.69, 9.17) is 0 Å². The first kappa shape index (κ1) is 18.4. The van der Waals surface area contributed by atoms with Crippen LogP contribution in [0, 0.1) is 6.92 Å². The molecule has 0 saturated heterocycles. The predicted molar refractivity (Wildman–Crippen MR) is 110 cm³/mol. The van der Waals surface area contributed by atoms with Crippen LogP contribution in [-0.4, -0.2) is 14.3 Å². The van der Waals surface area contributed by atoms with Crippen molar-refractivity contribution in [1.29, 1.82) is 0 Å². The minimum absolute atomic E-state index is 0.145. The van der Waals surface area contributed by atoms with Gasteiger partial charge in [0.1, 0.15) is 4.90 Å². The molecule has 1 aliphatic heterocycles. The summed E-state index contributed by atoms with van der Waals surface area (Å²) in [6.07, 6.45) is 0.305. The molecule has 138 valence electrons. The summed E-state index contributed by atoms with van der Waals surface area (Å²) in [5, 5.41) is 4.43. The highest BCUT2D eigenvalue weighted by molar-refractivity contribution is 9.10. The quantitative estimate of drug-likeness (QED) is 0.587. The lowest BCUT2D eigenvalue weighted by molar-refractivity contribution is -0.116. The lowest BCUT2D eigenvalue weighted by atomic mass is 9.91. The summed E-state index contributed by atoms with van der Waals surface area (Å²) in [6.45, 7) is 1.91. The third-order valence-electron chi connectivity index (χ3n) is 4.65. The lowest BCUT2D eigenvalue weighted by Gasteiger charge is -2.23. The van der Waals surface area contributed by atoms with Crippen LogP contribution in [0.4, 0.5) is 5.69 Å². The number of amides is 1. The summed E-state index contributed by atoms with van der Waals surface area (Å²) in [5.74, 6) is -0.317. The first-order valence-corrected chi connectivity index (χ1v) is 11.5. The van der Waals surface area contributed by atoms with Gasteiger partial charge in [-0.2, -0.15) is 0 Å². The third-order valence-corrected chi connectivity index (χ3v) is 8.22. The van der Waals surface area contributed by atoms with E-state index in [-0.39, 0.29) is 21.6 Å². The maximum absolute atomic E-state index is 13.1. The highest BCUT2D eigenvalue weighted by atomic mass is 79.9. The minimum atomic E-state index is -3.70. The second kappa shape index (κ2) is 6.89. The van der Waals surface area contributed by atoms with Gasteiger partial charge in [0, 0.05) is 27.1 Å². The summed E-state index contributed by atoms with van der Waals surface area (Å²) < 4.78 is 27.2. The minimum Gasteiger partial charge on any atom is -0.324 e. The molecule has 0 unspecified atom stereocenters.